The number of benzene rings is 3. The zero-order chi connectivity index (χ0) is 23.3. The minimum atomic E-state index is -0.265. The largest absolute Gasteiger partial charge is 0.484 e. The maximum Gasteiger partial charge on any atom is 0.257 e. The standard InChI is InChI=1S/C26H27N3O3S/c1-20(33-24-10-6-3-7-11-24)26(31)29-28-18-22-12-14-23(15-13-22)32-19-25(30)27-17-16-21-8-4-2-5-9-21/h2-15,18,20H,16-17,19H2,1H3,(H,27,30)(H,29,31)/b28-18+. The summed E-state index contributed by atoms with van der Waals surface area (Å²) in [6.07, 6.45) is 2.35. The second kappa shape index (κ2) is 13.1. The van der Waals surface area contributed by atoms with E-state index in [1.165, 1.54) is 17.3 Å². The Hall–Kier alpha value is -3.58. The van der Waals surface area contributed by atoms with Crippen LogP contribution in [-0.4, -0.2) is 36.4 Å². The molecule has 0 saturated carbocycles. The number of hydrazone groups is 1. The first kappa shape index (κ1) is 24.1. The molecule has 0 radical (unpaired) electrons. The highest BCUT2D eigenvalue weighted by atomic mass is 32.2. The van der Waals surface area contributed by atoms with E-state index in [0.717, 1.165) is 16.9 Å². The minimum Gasteiger partial charge on any atom is -0.484 e. The van der Waals surface area contributed by atoms with Gasteiger partial charge in [0.15, 0.2) is 6.61 Å². The molecule has 0 heterocycles. The van der Waals surface area contributed by atoms with Crippen LogP contribution in [-0.2, 0) is 16.0 Å². The van der Waals surface area contributed by atoms with Crippen LogP contribution in [0.15, 0.2) is 94.9 Å². The average molecular weight is 462 g/mol. The van der Waals surface area contributed by atoms with E-state index in [-0.39, 0.29) is 23.7 Å². The van der Waals surface area contributed by atoms with Gasteiger partial charge in [0.05, 0.1) is 11.5 Å². The van der Waals surface area contributed by atoms with Crippen molar-refractivity contribution in [2.45, 2.75) is 23.5 Å². The molecule has 170 valence electrons. The van der Waals surface area contributed by atoms with Crippen LogP contribution in [0.3, 0.4) is 0 Å². The summed E-state index contributed by atoms with van der Waals surface area (Å²) in [5, 5.41) is 6.61. The Morgan fingerprint density at radius 3 is 2.33 bits per heavy atom. The number of carbonyl (C=O) groups is 2. The van der Waals surface area contributed by atoms with Gasteiger partial charge < -0.3 is 10.1 Å². The van der Waals surface area contributed by atoms with Crippen molar-refractivity contribution in [1.82, 2.24) is 10.7 Å². The molecule has 3 aromatic carbocycles. The zero-order valence-electron chi connectivity index (χ0n) is 18.4. The van der Waals surface area contributed by atoms with Crippen LogP contribution in [0, 0.1) is 0 Å². The van der Waals surface area contributed by atoms with Gasteiger partial charge in [-0.2, -0.15) is 5.10 Å². The molecular formula is C26H27N3O3S. The maximum absolute atomic E-state index is 12.2. The molecule has 0 bridgehead atoms. The van der Waals surface area contributed by atoms with E-state index in [0.29, 0.717) is 12.3 Å². The summed E-state index contributed by atoms with van der Waals surface area (Å²) in [6.45, 7) is 2.36. The number of nitrogens with zero attached hydrogens (tertiary/aromatic N) is 1. The van der Waals surface area contributed by atoms with E-state index >= 15 is 0 Å². The SMILES string of the molecule is CC(Sc1ccccc1)C(=O)N/N=C/c1ccc(OCC(=O)NCCc2ccccc2)cc1. The molecule has 3 rings (SSSR count). The van der Waals surface area contributed by atoms with Gasteiger partial charge in [-0.25, -0.2) is 5.43 Å². The molecule has 1 unspecified atom stereocenters. The highest BCUT2D eigenvalue weighted by Crippen LogP contribution is 2.22. The quantitative estimate of drug-likeness (QED) is 0.256. The van der Waals surface area contributed by atoms with Crippen LogP contribution in [0.2, 0.25) is 0 Å². The van der Waals surface area contributed by atoms with Crippen molar-refractivity contribution in [3.8, 4) is 5.75 Å². The summed E-state index contributed by atoms with van der Waals surface area (Å²) < 4.78 is 5.53. The molecule has 6 nitrogen and oxygen atoms in total. The van der Waals surface area contributed by atoms with Gasteiger partial charge in [0.25, 0.3) is 11.8 Å². The summed E-state index contributed by atoms with van der Waals surface area (Å²) >= 11 is 1.48. The number of nitrogens with one attached hydrogen (secondary N) is 2. The predicted octanol–water partition coefficient (Wildman–Crippen LogP) is 4.06. The van der Waals surface area contributed by atoms with Crippen molar-refractivity contribution in [3.63, 3.8) is 0 Å². The smallest absolute Gasteiger partial charge is 0.257 e. The average Bonchev–Trinajstić information content (AvgIpc) is 2.85. The third-order valence-corrected chi connectivity index (χ3v) is 5.75. The lowest BCUT2D eigenvalue weighted by Gasteiger charge is -2.09. The molecule has 0 fully saturated rings. The molecule has 3 aromatic rings. The molecule has 0 aliphatic rings. The number of carbonyl (C=O) groups excluding carboxylic acids is 2. The van der Waals surface area contributed by atoms with Crippen molar-refractivity contribution in [2.75, 3.05) is 13.2 Å². The lowest BCUT2D eigenvalue weighted by molar-refractivity contribution is -0.123. The number of hydrogen-bond acceptors (Lipinski definition) is 5. The molecule has 1 atom stereocenters. The summed E-state index contributed by atoms with van der Waals surface area (Å²) in [6, 6.07) is 26.9. The van der Waals surface area contributed by atoms with Crippen LogP contribution < -0.4 is 15.5 Å². The molecule has 2 N–H and O–H groups in total. The van der Waals surface area contributed by atoms with Crippen molar-refractivity contribution in [3.05, 3.63) is 96.1 Å². The highest BCUT2D eigenvalue weighted by Gasteiger charge is 2.13. The Bertz CT molecular complexity index is 1040. The van der Waals surface area contributed by atoms with E-state index in [1.54, 1.807) is 30.5 Å². The molecule has 0 saturated heterocycles. The van der Waals surface area contributed by atoms with Crippen LogP contribution in [0.4, 0.5) is 0 Å². The molecular weight excluding hydrogens is 434 g/mol. The Balaban J connectivity index is 1.35. The number of ether oxygens (including phenoxy) is 1. The zero-order valence-corrected chi connectivity index (χ0v) is 19.3. The molecule has 2 amide bonds. The summed E-state index contributed by atoms with van der Waals surface area (Å²) in [5.41, 5.74) is 4.54. The van der Waals surface area contributed by atoms with Gasteiger partial charge in [-0.3, -0.25) is 9.59 Å². The number of amides is 2. The van der Waals surface area contributed by atoms with E-state index in [9.17, 15) is 9.59 Å². The Labute approximate surface area is 198 Å². The molecule has 7 heteroatoms. The molecule has 0 spiro atoms. The van der Waals surface area contributed by atoms with Crippen molar-refractivity contribution in [1.29, 1.82) is 0 Å². The maximum atomic E-state index is 12.2. The van der Waals surface area contributed by atoms with Gasteiger partial charge in [-0.15, -0.1) is 11.8 Å². The summed E-state index contributed by atoms with van der Waals surface area (Å²) in [5.74, 6) is 0.252. The summed E-state index contributed by atoms with van der Waals surface area (Å²) in [4.78, 5) is 25.2. The Morgan fingerprint density at radius 1 is 0.970 bits per heavy atom. The van der Waals surface area contributed by atoms with Crippen molar-refractivity contribution >= 4 is 29.8 Å². The van der Waals surface area contributed by atoms with E-state index < -0.39 is 0 Å². The second-order valence-corrected chi connectivity index (χ2v) is 8.66. The van der Waals surface area contributed by atoms with Crippen molar-refractivity contribution in [2.24, 2.45) is 5.10 Å². The van der Waals surface area contributed by atoms with Gasteiger partial charge in [-0.1, -0.05) is 48.5 Å². The highest BCUT2D eigenvalue weighted by molar-refractivity contribution is 8.00. The molecule has 0 aliphatic carbocycles. The third-order valence-electron chi connectivity index (χ3n) is 4.64. The lowest BCUT2D eigenvalue weighted by Crippen LogP contribution is -2.30. The third kappa shape index (κ3) is 8.82. The molecule has 0 aromatic heterocycles. The van der Waals surface area contributed by atoms with Gasteiger partial charge in [0, 0.05) is 11.4 Å². The fourth-order valence-electron chi connectivity index (χ4n) is 2.86. The Kier molecular flexibility index (Phi) is 9.54. The lowest BCUT2D eigenvalue weighted by atomic mass is 10.1. The Morgan fingerprint density at radius 2 is 1.64 bits per heavy atom. The van der Waals surface area contributed by atoms with E-state index in [4.69, 9.17) is 4.74 Å². The van der Waals surface area contributed by atoms with Gasteiger partial charge in [-0.05, 0) is 60.9 Å². The predicted molar refractivity (Wildman–Crippen MR) is 133 cm³/mol. The number of hydrogen-bond donors (Lipinski definition) is 2. The summed E-state index contributed by atoms with van der Waals surface area (Å²) in [7, 11) is 0. The van der Waals surface area contributed by atoms with Crippen molar-refractivity contribution < 1.29 is 14.3 Å². The first-order valence-corrected chi connectivity index (χ1v) is 11.6. The van der Waals surface area contributed by atoms with Crippen LogP contribution >= 0.6 is 11.8 Å². The van der Waals surface area contributed by atoms with Crippen LogP contribution in [0.25, 0.3) is 0 Å². The van der Waals surface area contributed by atoms with Crippen LogP contribution in [0.1, 0.15) is 18.1 Å². The number of rotatable bonds is 11. The topological polar surface area (TPSA) is 79.8 Å². The van der Waals surface area contributed by atoms with Gasteiger partial charge >= 0.3 is 0 Å². The first-order chi connectivity index (χ1) is 16.1. The fourth-order valence-corrected chi connectivity index (χ4v) is 3.74. The van der Waals surface area contributed by atoms with E-state index in [2.05, 4.69) is 15.8 Å². The first-order valence-electron chi connectivity index (χ1n) is 10.7. The number of thioether (sulfide) groups is 1. The monoisotopic (exact) mass is 461 g/mol. The van der Waals surface area contributed by atoms with E-state index in [1.807, 2.05) is 67.6 Å². The van der Waals surface area contributed by atoms with Gasteiger partial charge in [0.2, 0.25) is 0 Å². The van der Waals surface area contributed by atoms with Crippen LogP contribution in [0.5, 0.6) is 5.75 Å². The second-order valence-electron chi connectivity index (χ2n) is 7.25. The van der Waals surface area contributed by atoms with Gasteiger partial charge in [0.1, 0.15) is 5.75 Å². The minimum absolute atomic E-state index is 0.0464. The molecule has 33 heavy (non-hydrogen) atoms. The normalized spacial score (nSPS) is 11.7. The molecule has 0 aliphatic heterocycles. The fraction of sp³-hybridized carbons (Fsp3) is 0.192.